The Bertz CT molecular complexity index is 223. The molecule has 0 radical (unpaired) electrons. The van der Waals surface area contributed by atoms with E-state index in [0.29, 0.717) is 13.1 Å². The predicted molar refractivity (Wildman–Crippen MR) is 80.2 cm³/mol. The van der Waals surface area contributed by atoms with Crippen LogP contribution in [-0.2, 0) is 4.74 Å². The maximum absolute atomic E-state index is 5.67. The first-order chi connectivity index (χ1) is 8.78. The molecule has 3 heterocycles. The topological polar surface area (TPSA) is 67.8 Å². The summed E-state index contributed by atoms with van der Waals surface area (Å²) in [5, 5.41) is 0. The maximum atomic E-state index is 5.67. The summed E-state index contributed by atoms with van der Waals surface area (Å²) in [4.78, 5) is 5.08. The molecule has 0 spiro atoms. The Balaban J connectivity index is 0.000000196. The lowest BCUT2D eigenvalue weighted by molar-refractivity contribution is -0.111. The molecule has 3 aliphatic rings. The van der Waals surface area contributed by atoms with Gasteiger partial charge < -0.3 is 16.2 Å². The smallest absolute Gasteiger partial charge is 0.0756 e. The fraction of sp³-hybridized carbons (Fsp3) is 1.00. The van der Waals surface area contributed by atoms with Crippen LogP contribution < -0.4 is 11.5 Å². The quantitative estimate of drug-likeness (QED) is 0.759. The molecule has 3 saturated heterocycles. The SMILES string of the molecule is C1CN2CCN1CC2.CC(C)(CN)OC(C)(C)CN. The number of piperazine rings is 3. The van der Waals surface area contributed by atoms with E-state index in [1.54, 1.807) is 0 Å². The minimum Gasteiger partial charge on any atom is -0.367 e. The van der Waals surface area contributed by atoms with Gasteiger partial charge in [-0.3, -0.25) is 9.80 Å². The number of hydrogen-bond donors (Lipinski definition) is 2. The molecule has 0 aromatic carbocycles. The third-order valence-electron chi connectivity index (χ3n) is 3.73. The molecule has 5 heteroatoms. The summed E-state index contributed by atoms with van der Waals surface area (Å²) in [5.41, 5.74) is 10.5. The van der Waals surface area contributed by atoms with Crippen LogP contribution in [0.15, 0.2) is 0 Å². The highest BCUT2D eigenvalue weighted by atomic mass is 16.5. The monoisotopic (exact) mass is 272 g/mol. The number of fused-ring (bicyclic) bond motifs is 3. The van der Waals surface area contributed by atoms with Crippen LogP contribution in [0.2, 0.25) is 0 Å². The van der Waals surface area contributed by atoms with Gasteiger partial charge in [0.1, 0.15) is 0 Å². The van der Waals surface area contributed by atoms with E-state index in [-0.39, 0.29) is 11.2 Å². The molecule has 0 amide bonds. The highest BCUT2D eigenvalue weighted by molar-refractivity contribution is 4.79. The second-order valence-electron chi connectivity index (χ2n) is 6.71. The van der Waals surface area contributed by atoms with Crippen molar-refractivity contribution in [3.8, 4) is 0 Å². The van der Waals surface area contributed by atoms with Crippen LogP contribution in [0.3, 0.4) is 0 Å². The van der Waals surface area contributed by atoms with Crippen LogP contribution in [0.25, 0.3) is 0 Å². The van der Waals surface area contributed by atoms with Crippen LogP contribution in [-0.4, -0.2) is 73.4 Å². The van der Waals surface area contributed by atoms with E-state index >= 15 is 0 Å². The van der Waals surface area contributed by atoms with Crippen molar-refractivity contribution in [2.75, 3.05) is 52.4 Å². The Morgan fingerprint density at radius 3 is 1.16 bits per heavy atom. The van der Waals surface area contributed by atoms with Crippen molar-refractivity contribution in [1.82, 2.24) is 9.80 Å². The lowest BCUT2D eigenvalue weighted by Crippen LogP contribution is -2.55. The second-order valence-corrected chi connectivity index (χ2v) is 6.71. The number of rotatable bonds is 4. The van der Waals surface area contributed by atoms with Crippen molar-refractivity contribution in [2.45, 2.75) is 38.9 Å². The number of nitrogens with zero attached hydrogens (tertiary/aromatic N) is 2. The Morgan fingerprint density at radius 1 is 0.737 bits per heavy atom. The van der Waals surface area contributed by atoms with E-state index < -0.39 is 0 Å². The van der Waals surface area contributed by atoms with Crippen LogP contribution in [0, 0.1) is 0 Å². The first-order valence-electron chi connectivity index (χ1n) is 7.33. The zero-order valence-electron chi connectivity index (χ0n) is 13.1. The van der Waals surface area contributed by atoms with Crippen LogP contribution in [0.1, 0.15) is 27.7 Å². The molecule has 3 aliphatic heterocycles. The van der Waals surface area contributed by atoms with Gasteiger partial charge in [0.25, 0.3) is 0 Å². The summed E-state index contributed by atoms with van der Waals surface area (Å²) < 4.78 is 5.67. The summed E-state index contributed by atoms with van der Waals surface area (Å²) in [6.07, 6.45) is 0. The molecule has 0 aliphatic carbocycles. The normalized spacial score (nSPS) is 26.8. The molecule has 4 N–H and O–H groups in total. The van der Waals surface area contributed by atoms with E-state index in [9.17, 15) is 0 Å². The van der Waals surface area contributed by atoms with Crippen molar-refractivity contribution in [1.29, 1.82) is 0 Å². The molecule has 2 bridgehead atoms. The lowest BCUT2D eigenvalue weighted by atomic mass is 10.1. The van der Waals surface area contributed by atoms with Crippen LogP contribution >= 0.6 is 0 Å². The minimum absolute atomic E-state index is 0.275. The van der Waals surface area contributed by atoms with E-state index in [1.807, 2.05) is 27.7 Å². The standard InChI is InChI=1S/C8H20N2O.C6H12N2/c1-7(2,5-9)11-8(3,4)6-10;1-2-8-5-3-7(1)4-6-8/h5-6,9-10H2,1-4H3;1-6H2. The van der Waals surface area contributed by atoms with Crippen molar-refractivity contribution in [3.05, 3.63) is 0 Å². The van der Waals surface area contributed by atoms with Gasteiger partial charge in [0.15, 0.2) is 0 Å². The fourth-order valence-corrected chi connectivity index (χ4v) is 2.35. The second kappa shape index (κ2) is 6.99. The van der Waals surface area contributed by atoms with Crippen molar-refractivity contribution < 1.29 is 4.74 Å². The zero-order valence-corrected chi connectivity index (χ0v) is 13.1. The summed E-state index contributed by atoms with van der Waals surface area (Å²) in [6, 6.07) is 0. The van der Waals surface area contributed by atoms with E-state index in [1.165, 1.54) is 39.3 Å². The van der Waals surface area contributed by atoms with Crippen LogP contribution in [0.5, 0.6) is 0 Å². The van der Waals surface area contributed by atoms with Gasteiger partial charge in [-0.2, -0.15) is 0 Å². The molecule has 0 aromatic rings. The third kappa shape index (κ3) is 6.19. The number of hydrogen-bond acceptors (Lipinski definition) is 5. The van der Waals surface area contributed by atoms with Gasteiger partial charge in [-0.25, -0.2) is 0 Å². The summed E-state index contributed by atoms with van der Waals surface area (Å²) >= 11 is 0. The first-order valence-corrected chi connectivity index (χ1v) is 7.33. The predicted octanol–water partition coefficient (Wildman–Crippen LogP) is 0.0952. The Hall–Kier alpha value is -0.200. The average molecular weight is 272 g/mol. The molecule has 114 valence electrons. The zero-order chi connectivity index (χ0) is 14.5. The summed E-state index contributed by atoms with van der Waals surface area (Å²) in [6.45, 7) is 16.8. The van der Waals surface area contributed by atoms with Crippen molar-refractivity contribution in [3.63, 3.8) is 0 Å². The fourth-order valence-electron chi connectivity index (χ4n) is 2.35. The van der Waals surface area contributed by atoms with Crippen molar-refractivity contribution >= 4 is 0 Å². The molecule has 0 saturated carbocycles. The number of nitrogens with two attached hydrogens (primary N) is 2. The molecule has 3 fully saturated rings. The molecular weight excluding hydrogens is 240 g/mol. The van der Waals surface area contributed by atoms with Gasteiger partial charge in [0.2, 0.25) is 0 Å². The highest BCUT2D eigenvalue weighted by Crippen LogP contribution is 2.17. The van der Waals surface area contributed by atoms with E-state index in [2.05, 4.69) is 9.80 Å². The van der Waals surface area contributed by atoms with Gasteiger partial charge in [0.05, 0.1) is 11.2 Å². The van der Waals surface area contributed by atoms with Crippen molar-refractivity contribution in [2.24, 2.45) is 11.5 Å². The minimum atomic E-state index is -0.275. The van der Waals surface area contributed by atoms with Gasteiger partial charge in [-0.1, -0.05) is 0 Å². The molecule has 5 nitrogen and oxygen atoms in total. The van der Waals surface area contributed by atoms with Gasteiger partial charge in [-0.15, -0.1) is 0 Å². The van der Waals surface area contributed by atoms with Gasteiger partial charge >= 0.3 is 0 Å². The Kier molecular flexibility index (Phi) is 6.20. The molecule has 0 unspecified atom stereocenters. The van der Waals surface area contributed by atoms with E-state index in [0.717, 1.165) is 0 Å². The number of ether oxygens (including phenoxy) is 1. The third-order valence-corrected chi connectivity index (χ3v) is 3.73. The molecular formula is C14H32N4O. The Morgan fingerprint density at radius 2 is 1.00 bits per heavy atom. The van der Waals surface area contributed by atoms with Gasteiger partial charge in [-0.05, 0) is 27.7 Å². The van der Waals surface area contributed by atoms with E-state index in [4.69, 9.17) is 16.2 Å². The molecule has 0 atom stereocenters. The maximum Gasteiger partial charge on any atom is 0.0756 e. The van der Waals surface area contributed by atoms with Crippen LogP contribution in [0.4, 0.5) is 0 Å². The Labute approximate surface area is 118 Å². The molecule has 0 aromatic heterocycles. The summed E-state index contributed by atoms with van der Waals surface area (Å²) in [7, 11) is 0. The van der Waals surface area contributed by atoms with Gasteiger partial charge in [0, 0.05) is 52.4 Å². The largest absolute Gasteiger partial charge is 0.367 e. The first kappa shape index (κ1) is 16.9. The lowest BCUT2D eigenvalue weighted by Gasteiger charge is -2.41. The average Bonchev–Trinajstić information content (AvgIpc) is 2.41. The molecule has 19 heavy (non-hydrogen) atoms. The molecule has 3 rings (SSSR count). The summed E-state index contributed by atoms with van der Waals surface area (Å²) in [5.74, 6) is 0. The highest BCUT2D eigenvalue weighted by Gasteiger charge is 2.26.